The zero-order valence-corrected chi connectivity index (χ0v) is 6.08. The molecule has 0 fully saturated rings. The van der Waals surface area contributed by atoms with Crippen LogP contribution in [0.15, 0.2) is 24.3 Å². The summed E-state index contributed by atoms with van der Waals surface area (Å²) in [5.74, 6) is 0. The van der Waals surface area contributed by atoms with Gasteiger partial charge in [0, 0.05) is 5.02 Å². The van der Waals surface area contributed by atoms with Crippen molar-refractivity contribution >= 4 is 11.6 Å². The Balaban J connectivity index is 2.99. The lowest BCUT2D eigenvalue weighted by Crippen LogP contribution is -2.03. The molecule has 0 bridgehead atoms. The van der Waals surface area contributed by atoms with Crippen molar-refractivity contribution in [1.82, 2.24) is 0 Å². The first kappa shape index (κ1) is 8.40. The predicted octanol–water partition coefficient (Wildman–Crippen LogP) is 3.36. The smallest absolute Gasteiger partial charge is 0.166 e. The van der Waals surface area contributed by atoms with Crippen LogP contribution < -0.4 is 0 Å². The van der Waals surface area contributed by atoms with Crippen LogP contribution in [0.5, 0.6) is 0 Å². The van der Waals surface area contributed by atoms with Crippen LogP contribution in [0.2, 0.25) is 5.02 Å². The van der Waals surface area contributed by atoms with E-state index in [0.29, 0.717) is 5.02 Å². The number of hydrogen-bond donors (Lipinski definition) is 0. The molecular formula is C7H4ClF3. The van der Waals surface area contributed by atoms with Gasteiger partial charge in [-0.15, -0.1) is 0 Å². The Bertz CT molecular complexity index is 237. The van der Waals surface area contributed by atoms with Gasteiger partial charge in [0.15, 0.2) is 0 Å². The van der Waals surface area contributed by atoms with Gasteiger partial charge in [-0.05, 0) is 24.3 Å². The fourth-order valence-electron chi connectivity index (χ4n) is 0.639. The molecule has 0 amide bonds. The zero-order valence-electron chi connectivity index (χ0n) is 5.32. The summed E-state index contributed by atoms with van der Waals surface area (Å²) in [4.78, 5) is 0. The third-order valence-corrected chi connectivity index (χ3v) is 1.42. The number of alkyl halides is 3. The van der Waals surface area contributed by atoms with Crippen molar-refractivity contribution < 1.29 is 13.2 Å². The van der Waals surface area contributed by atoms with Gasteiger partial charge < -0.3 is 0 Å². The van der Waals surface area contributed by atoms with Crippen molar-refractivity contribution in [3.8, 4) is 0 Å². The van der Waals surface area contributed by atoms with Gasteiger partial charge in [0.2, 0.25) is 0 Å². The molecule has 4 heteroatoms. The standard InChI is InChI=1S/C7H4ClF3/c8-6-3-1-5(2-4-6)7(9,10)11/h1-4H/i9-1. The predicted molar refractivity (Wildman–Crippen MR) is 36.5 cm³/mol. The molecule has 0 unspecified atom stereocenters. The molecule has 0 aromatic heterocycles. The van der Waals surface area contributed by atoms with Gasteiger partial charge in [-0.2, -0.15) is 13.2 Å². The normalized spacial score (nSPS) is 11.6. The van der Waals surface area contributed by atoms with E-state index < -0.39 is 11.7 Å². The number of benzene rings is 1. The first-order chi connectivity index (χ1) is 5.00. The van der Waals surface area contributed by atoms with E-state index >= 15 is 0 Å². The highest BCUT2D eigenvalue weighted by atomic mass is 35.5. The Morgan fingerprint density at radius 3 is 1.82 bits per heavy atom. The van der Waals surface area contributed by atoms with Crippen molar-refractivity contribution in [2.45, 2.75) is 6.18 Å². The van der Waals surface area contributed by atoms with Crippen LogP contribution in [-0.4, -0.2) is 0 Å². The lowest BCUT2D eigenvalue weighted by atomic mass is 10.2. The van der Waals surface area contributed by atoms with E-state index in [1.165, 1.54) is 12.1 Å². The van der Waals surface area contributed by atoms with Crippen LogP contribution in [0.3, 0.4) is 0 Å². The molecule has 1 aromatic rings. The minimum Gasteiger partial charge on any atom is -0.166 e. The first-order valence-corrected chi connectivity index (χ1v) is 3.21. The first-order valence-electron chi connectivity index (χ1n) is 2.83. The third-order valence-electron chi connectivity index (χ3n) is 1.17. The monoisotopic (exact) mass is 179 g/mol. The summed E-state index contributed by atoms with van der Waals surface area (Å²) in [6.45, 7) is 0. The van der Waals surface area contributed by atoms with Crippen molar-refractivity contribution in [1.29, 1.82) is 0 Å². The second-order valence-corrected chi connectivity index (χ2v) is 2.44. The molecule has 0 saturated heterocycles. The molecule has 0 saturated carbocycles. The topological polar surface area (TPSA) is 0 Å². The van der Waals surface area contributed by atoms with E-state index in [1.807, 2.05) is 0 Å². The average Bonchev–Trinajstić information content (AvgIpc) is 1.86. The molecular weight excluding hydrogens is 176 g/mol. The highest BCUT2D eigenvalue weighted by Gasteiger charge is 2.29. The van der Waals surface area contributed by atoms with E-state index in [0.717, 1.165) is 12.1 Å². The van der Waals surface area contributed by atoms with E-state index in [9.17, 15) is 13.2 Å². The summed E-state index contributed by atoms with van der Waals surface area (Å²) < 4.78 is 35.6. The third kappa shape index (κ3) is 2.12. The Labute approximate surface area is 66.6 Å². The molecule has 0 spiro atoms. The molecule has 0 atom stereocenters. The number of halogens is 4. The second kappa shape index (κ2) is 2.74. The summed E-state index contributed by atoms with van der Waals surface area (Å²) in [6.07, 6.45) is -4.27. The maximum atomic E-state index is 11.9. The van der Waals surface area contributed by atoms with Gasteiger partial charge in [0.25, 0.3) is 0 Å². The molecule has 0 aliphatic rings. The highest BCUT2D eigenvalue weighted by molar-refractivity contribution is 6.30. The molecule has 0 aliphatic carbocycles. The molecule has 0 radical (unpaired) electrons. The van der Waals surface area contributed by atoms with E-state index in [2.05, 4.69) is 0 Å². The van der Waals surface area contributed by atoms with Crippen molar-refractivity contribution in [3.05, 3.63) is 34.9 Å². The van der Waals surface area contributed by atoms with Crippen LogP contribution in [-0.2, 0) is 6.18 Å². The quantitative estimate of drug-likeness (QED) is 0.573. The Kier molecular flexibility index (Phi) is 2.09. The molecule has 1 rings (SSSR count). The SMILES string of the molecule is FC(F)([18F])c1ccc(Cl)cc1. The van der Waals surface area contributed by atoms with Gasteiger partial charge in [-0.25, -0.2) is 0 Å². The molecule has 11 heavy (non-hydrogen) atoms. The summed E-state index contributed by atoms with van der Waals surface area (Å²) in [6, 6.07) is 4.32. The van der Waals surface area contributed by atoms with Gasteiger partial charge in [0.1, 0.15) is 0 Å². The van der Waals surface area contributed by atoms with Crippen LogP contribution >= 0.6 is 11.6 Å². The van der Waals surface area contributed by atoms with Gasteiger partial charge in [-0.3, -0.25) is 0 Å². The molecule has 0 aliphatic heterocycles. The Hall–Kier alpha value is -0.700. The fraction of sp³-hybridized carbons (Fsp3) is 0.143. The van der Waals surface area contributed by atoms with Crippen LogP contribution in [0.4, 0.5) is 13.2 Å². The summed E-state index contributed by atoms with van der Waals surface area (Å²) in [5.41, 5.74) is -0.679. The maximum Gasteiger partial charge on any atom is 0.416 e. The summed E-state index contributed by atoms with van der Waals surface area (Å²) >= 11 is 5.39. The van der Waals surface area contributed by atoms with E-state index in [4.69, 9.17) is 11.6 Å². The maximum absolute atomic E-state index is 11.9. The van der Waals surface area contributed by atoms with Crippen LogP contribution in [0, 0.1) is 0 Å². The highest BCUT2D eigenvalue weighted by Crippen LogP contribution is 2.29. The van der Waals surface area contributed by atoms with E-state index in [1.54, 1.807) is 0 Å². The van der Waals surface area contributed by atoms with Crippen LogP contribution in [0.25, 0.3) is 0 Å². The van der Waals surface area contributed by atoms with Gasteiger partial charge in [0.05, 0.1) is 5.56 Å². The second-order valence-electron chi connectivity index (χ2n) is 2.00. The molecule has 0 N–H and O–H groups in total. The van der Waals surface area contributed by atoms with Crippen molar-refractivity contribution in [2.75, 3.05) is 0 Å². The number of rotatable bonds is 0. The van der Waals surface area contributed by atoms with Crippen molar-refractivity contribution in [2.24, 2.45) is 0 Å². The minimum absolute atomic E-state index is 0.304. The largest absolute Gasteiger partial charge is 0.416 e. The zero-order chi connectivity index (χ0) is 8.48. The lowest BCUT2D eigenvalue weighted by molar-refractivity contribution is -0.137. The van der Waals surface area contributed by atoms with Crippen molar-refractivity contribution in [3.63, 3.8) is 0 Å². The van der Waals surface area contributed by atoms with Gasteiger partial charge >= 0.3 is 6.18 Å². The molecule has 60 valence electrons. The van der Waals surface area contributed by atoms with Gasteiger partial charge in [-0.1, -0.05) is 11.6 Å². The van der Waals surface area contributed by atoms with Crippen LogP contribution in [0.1, 0.15) is 5.56 Å². The summed E-state index contributed by atoms with van der Waals surface area (Å²) in [7, 11) is 0. The van der Waals surface area contributed by atoms with E-state index in [-0.39, 0.29) is 0 Å². The Morgan fingerprint density at radius 2 is 1.45 bits per heavy atom. The average molecular weight is 180 g/mol. The summed E-state index contributed by atoms with van der Waals surface area (Å²) in [5, 5.41) is 0.304. The lowest BCUT2D eigenvalue weighted by Gasteiger charge is -2.04. The number of hydrogen-bond acceptors (Lipinski definition) is 0. The Morgan fingerprint density at radius 1 is 1.00 bits per heavy atom. The molecule has 0 nitrogen and oxygen atoms in total. The fourth-order valence-corrected chi connectivity index (χ4v) is 0.765. The molecule has 0 heterocycles. The molecule has 1 aromatic carbocycles. The minimum atomic E-state index is -4.27.